The zero-order valence-electron chi connectivity index (χ0n) is 73.9. The van der Waals surface area contributed by atoms with Crippen LogP contribution < -0.4 is 40.9 Å². The number of sulfone groups is 1. The Morgan fingerprint density at radius 3 is 1.04 bits per heavy atom. The van der Waals surface area contributed by atoms with E-state index in [4.69, 9.17) is 18.9 Å². The molecular formula is C94H97F7N16O18S. The molecule has 42 heteroatoms. The number of benzene rings is 8. The van der Waals surface area contributed by atoms with Crippen molar-refractivity contribution in [3.8, 4) is 0 Å². The molecule has 0 unspecified atom stereocenters. The fourth-order valence-corrected chi connectivity index (χ4v) is 16.9. The molecule has 2 saturated carbocycles. The van der Waals surface area contributed by atoms with Gasteiger partial charge in [-0.05, 0) is 186 Å². The van der Waals surface area contributed by atoms with Crippen molar-refractivity contribution in [1.82, 2.24) is 38.2 Å². The summed E-state index contributed by atoms with van der Waals surface area (Å²) in [5, 5.41) is 49.5. The molecular weight excluding hydrogens is 1810 g/mol. The van der Waals surface area contributed by atoms with E-state index < -0.39 is 58.1 Å². The van der Waals surface area contributed by atoms with Gasteiger partial charge in [0.15, 0.2) is 9.84 Å². The number of rotatable bonds is 27. The molecule has 8 N–H and O–H groups in total. The number of carbonyl (C=O) groups is 8. The highest BCUT2D eigenvalue weighted by atomic mass is 32.2. The van der Waals surface area contributed by atoms with Crippen molar-refractivity contribution in [2.24, 2.45) is 10.8 Å². The van der Waals surface area contributed by atoms with Gasteiger partial charge in [0.1, 0.15) is 26.4 Å². The van der Waals surface area contributed by atoms with Crippen LogP contribution >= 0.6 is 0 Å². The first kappa shape index (κ1) is 97.1. The average molecular weight is 1900 g/mol. The number of aliphatic hydroxyl groups excluding tert-OH is 4. The number of imidazole rings is 4. The summed E-state index contributed by atoms with van der Waals surface area (Å²) >= 11 is 0. The van der Waals surface area contributed by atoms with E-state index in [1.807, 2.05) is 47.2 Å². The van der Waals surface area contributed by atoms with Crippen LogP contribution in [0.15, 0.2) is 175 Å². The molecule has 34 nitrogen and oxygen atoms in total. The third kappa shape index (κ3) is 22.2. The summed E-state index contributed by atoms with van der Waals surface area (Å²) in [6.45, 7) is 7.96. The quantitative estimate of drug-likeness (QED) is 0.0222. The first-order chi connectivity index (χ1) is 65.1. The van der Waals surface area contributed by atoms with E-state index in [1.54, 1.807) is 77.3 Å². The fourth-order valence-electron chi connectivity index (χ4n) is 16.2. The number of hydrogen-bond acceptors (Lipinski definition) is 22. The van der Waals surface area contributed by atoms with E-state index >= 15 is 0 Å². The minimum atomic E-state index is -4.58. The average Bonchev–Trinajstić information content (AvgIpc) is 1.60. The van der Waals surface area contributed by atoms with Crippen LogP contribution in [0.4, 0.5) is 77.3 Å². The number of alkyl halides is 7. The van der Waals surface area contributed by atoms with Gasteiger partial charge in [-0.1, -0.05) is 36.4 Å². The van der Waals surface area contributed by atoms with E-state index in [-0.39, 0.29) is 156 Å². The minimum absolute atomic E-state index is 0.0108. The molecule has 0 spiro atoms. The molecule has 18 rings (SSSR count). The van der Waals surface area contributed by atoms with Gasteiger partial charge >= 0.3 is 6.18 Å². The lowest BCUT2D eigenvalue weighted by Gasteiger charge is -2.26. The van der Waals surface area contributed by atoms with Crippen LogP contribution in [0, 0.1) is 10.8 Å². The van der Waals surface area contributed by atoms with Crippen LogP contribution in [0.1, 0.15) is 135 Å². The number of aromatic nitrogens is 8. The molecule has 2 atom stereocenters. The van der Waals surface area contributed by atoms with E-state index in [9.17, 15) is 97.9 Å². The SMILES string of the molecule is CS(=O)(=O)c1cccc(C(=O)Nc2nc3cc(N4CCOCC4=O)ccc3n2CC2(CO)CC2)c1.C[C@@H](CCO)n1c(NC(=O)c2cccc(C(F)F)c2)nc2cc(N3CCOCC3=O)ccc21.C[C@H](CCO)n1c(NC(=O)c2cccc(C(F)(F)F)c2)nc2cc(N3CCOCC3=O)ccc21.O=C(Nc1nc2cc(N3CCOCC3=O)ccc2n1CC1(CO)CC1)c1cccc(C(F)F)c1. The zero-order valence-corrected chi connectivity index (χ0v) is 74.7. The van der Waals surface area contributed by atoms with Gasteiger partial charge in [0.2, 0.25) is 23.8 Å². The van der Waals surface area contributed by atoms with E-state index in [1.165, 1.54) is 72.8 Å². The first-order valence-corrected chi connectivity index (χ1v) is 45.5. The third-order valence-corrected chi connectivity index (χ3v) is 25.3. The summed E-state index contributed by atoms with van der Waals surface area (Å²) in [6, 6.07) is 41.5. The lowest BCUT2D eigenvalue weighted by atomic mass is 10.1. The molecule has 8 heterocycles. The van der Waals surface area contributed by atoms with Gasteiger partial charge in [-0.2, -0.15) is 13.2 Å². The highest BCUT2D eigenvalue weighted by Gasteiger charge is 2.45. The second-order valence-corrected chi connectivity index (χ2v) is 35.8. The molecule has 4 aliphatic heterocycles. The summed E-state index contributed by atoms with van der Waals surface area (Å²) in [5.74, 6) is -2.09. The predicted molar refractivity (Wildman–Crippen MR) is 488 cm³/mol. The van der Waals surface area contributed by atoms with E-state index in [0.29, 0.717) is 140 Å². The largest absolute Gasteiger partial charge is 0.416 e. The Hall–Kier alpha value is -13.5. The maximum absolute atomic E-state index is 13.1. The maximum atomic E-state index is 13.1. The summed E-state index contributed by atoms with van der Waals surface area (Å²) in [6.07, 6.45) is -4.63. The second-order valence-electron chi connectivity index (χ2n) is 33.8. The number of anilines is 8. The Labute approximate surface area is 772 Å². The Balaban J connectivity index is 0.000000138. The van der Waals surface area contributed by atoms with Crippen molar-refractivity contribution in [3.05, 3.63) is 209 Å². The number of nitrogens with one attached hydrogen (secondary N) is 4. The number of hydrogen-bond donors (Lipinski definition) is 8. The van der Waals surface area contributed by atoms with Crippen molar-refractivity contribution in [3.63, 3.8) is 0 Å². The minimum Gasteiger partial charge on any atom is -0.396 e. The fraction of sp³-hybridized carbons (Fsp3) is 0.362. The zero-order chi connectivity index (χ0) is 96.7. The molecule has 2 aliphatic carbocycles. The van der Waals surface area contributed by atoms with Gasteiger partial charge in [0.25, 0.3) is 60.1 Å². The molecule has 6 aliphatic rings. The Bertz CT molecular complexity index is 6660. The van der Waals surface area contributed by atoms with Crippen LogP contribution in [-0.4, -0.2) is 226 Å². The third-order valence-electron chi connectivity index (χ3n) is 24.2. The number of aliphatic hydroxyl groups is 4. The van der Waals surface area contributed by atoms with Gasteiger partial charge in [0.05, 0.1) is 94.2 Å². The standard InChI is InChI=1S/C24H24F2N4O4.C24H26N4O6S.C23H23F3N4O4.C23H24F2N4O4/c25-21(26)15-2-1-3-16(10-15)22(33)28-23-27-18-11-17(29-8-9-34-12-20(29)32)4-5-19(18)30(23)13-24(14-31)6-7-24;1-35(32,33)18-4-2-3-16(11-18)22(31)26-23-25-19-12-17(27-9-10-34-13-21(27)30)5-6-20(19)28(23)14-24(15-29)7-8-24;1-14(7-9-31)30-19-6-5-17(29-8-10-34-13-20(29)32)12-18(19)27-22(30)28-21(33)15-3-2-4-16(11-15)23(24,25)26;1-14(7-9-30)29-19-6-5-17(28-8-10-33-13-20(28)31)12-18(19)26-23(29)27-22(32)16-4-2-3-15(11-16)21(24)25/h1-5,10-11,21,31H,6-9,12-14H2,(H,27,28,33);2-6,11-12,29H,7-10,13-15H2,1H3,(H,25,26,31);2-6,11-12,14,31H,7-10,13H2,1H3,(H,27,28,33);2-6,11-12,14,21,30H,7-10,13H2,1H3,(H,26,27,32)/t;;2*14-/m..10/s1. The van der Waals surface area contributed by atoms with Gasteiger partial charge in [-0.25, -0.2) is 45.9 Å². The summed E-state index contributed by atoms with van der Waals surface area (Å²) in [5.41, 5.74) is 5.96. The molecule has 4 aromatic heterocycles. The molecule has 136 heavy (non-hydrogen) atoms. The summed E-state index contributed by atoms with van der Waals surface area (Å²) < 4.78 is 143. The van der Waals surface area contributed by atoms with Crippen molar-refractivity contribution in [1.29, 1.82) is 0 Å². The van der Waals surface area contributed by atoms with Crippen molar-refractivity contribution in [2.45, 2.75) is 101 Å². The number of morpholine rings is 4. The Kier molecular flexibility index (Phi) is 29.6. The smallest absolute Gasteiger partial charge is 0.396 e. The van der Waals surface area contributed by atoms with Crippen molar-refractivity contribution < 1.29 is 117 Å². The first-order valence-electron chi connectivity index (χ1n) is 43.7. The molecule has 6 fully saturated rings. The number of carbonyl (C=O) groups excluding carboxylic acids is 8. The molecule has 4 saturated heterocycles. The van der Waals surface area contributed by atoms with Gasteiger partial charge in [-0.3, -0.25) is 59.6 Å². The topological polar surface area (TPSA) is 421 Å². The van der Waals surface area contributed by atoms with Crippen molar-refractivity contribution >= 4 is 148 Å². The molecule has 716 valence electrons. The number of halogens is 7. The molecule has 0 radical (unpaired) electrons. The molecule has 12 aromatic rings. The summed E-state index contributed by atoms with van der Waals surface area (Å²) in [7, 11) is -3.47. The van der Waals surface area contributed by atoms with Crippen LogP contribution in [0.2, 0.25) is 0 Å². The predicted octanol–water partition coefficient (Wildman–Crippen LogP) is 12.3. The van der Waals surface area contributed by atoms with Crippen LogP contribution in [0.5, 0.6) is 0 Å². The van der Waals surface area contributed by atoms with Gasteiger partial charge < -0.3 is 77.2 Å². The Morgan fingerprint density at radius 2 is 0.728 bits per heavy atom. The van der Waals surface area contributed by atoms with E-state index in [0.717, 1.165) is 67.2 Å². The summed E-state index contributed by atoms with van der Waals surface area (Å²) in [4.78, 5) is 125. The van der Waals surface area contributed by atoms with Crippen LogP contribution in [-0.2, 0) is 67.2 Å². The highest BCUT2D eigenvalue weighted by molar-refractivity contribution is 7.90. The van der Waals surface area contributed by atoms with Gasteiger partial charge in [-0.15, -0.1) is 0 Å². The lowest BCUT2D eigenvalue weighted by Crippen LogP contribution is -2.41. The maximum Gasteiger partial charge on any atom is 0.416 e. The Morgan fingerprint density at radius 1 is 0.419 bits per heavy atom. The molecule has 8 aromatic carbocycles. The number of amides is 8. The van der Waals surface area contributed by atoms with Crippen molar-refractivity contribution in [2.75, 3.05) is 153 Å². The monoisotopic (exact) mass is 1900 g/mol. The van der Waals surface area contributed by atoms with E-state index in [2.05, 4.69) is 41.2 Å². The van der Waals surface area contributed by atoms with Gasteiger partial charge in [0, 0.05) is 138 Å². The molecule has 8 amide bonds. The number of nitrogens with zero attached hydrogens (tertiary/aromatic N) is 12. The van der Waals surface area contributed by atoms with Crippen LogP contribution in [0.3, 0.4) is 0 Å². The number of fused-ring (bicyclic) bond motifs is 4. The van der Waals surface area contributed by atoms with Crippen LogP contribution in [0.25, 0.3) is 44.1 Å². The lowest BCUT2D eigenvalue weighted by molar-refractivity contribution is -0.137. The highest BCUT2D eigenvalue weighted by Crippen LogP contribution is 2.49. The number of ether oxygens (including phenoxy) is 4. The normalized spacial score (nSPS) is 16.5. The molecule has 0 bridgehead atoms. The second kappa shape index (κ2) is 41.4.